The van der Waals surface area contributed by atoms with Crippen LogP contribution in [0, 0.1) is 0 Å². The molecule has 0 spiro atoms. The van der Waals surface area contributed by atoms with Crippen molar-refractivity contribution in [2.75, 3.05) is 39.8 Å². The zero-order valence-electron chi connectivity index (χ0n) is 15.6. The summed E-state index contributed by atoms with van der Waals surface area (Å²) in [7, 11) is 1.92. The first-order valence-electron chi connectivity index (χ1n) is 9.66. The highest BCUT2D eigenvalue weighted by molar-refractivity contribution is 14.0. The van der Waals surface area contributed by atoms with E-state index in [9.17, 15) is 0 Å². The lowest BCUT2D eigenvalue weighted by molar-refractivity contribution is 0.249. The summed E-state index contributed by atoms with van der Waals surface area (Å²) in [5.41, 5.74) is 1.72. The van der Waals surface area contributed by atoms with E-state index in [1.807, 2.05) is 7.05 Å². The fourth-order valence-electron chi connectivity index (χ4n) is 4.50. The number of nitrogens with one attached hydrogen (secondary N) is 1. The lowest BCUT2D eigenvalue weighted by Gasteiger charge is -2.27. The zero-order valence-corrected chi connectivity index (χ0v) is 19.5. The summed E-state index contributed by atoms with van der Waals surface area (Å²) in [6, 6.07) is 9.39. The summed E-state index contributed by atoms with van der Waals surface area (Å²) in [5.74, 6) is 1.08. The van der Waals surface area contributed by atoms with Gasteiger partial charge in [0.2, 0.25) is 0 Å². The van der Waals surface area contributed by atoms with Gasteiger partial charge in [-0.25, -0.2) is 0 Å². The predicted molar refractivity (Wildman–Crippen MR) is 123 cm³/mol. The maximum atomic E-state index is 4.58. The number of hydrogen-bond donors (Lipinski definition) is 1. The smallest absolute Gasteiger partial charge is 0.193 e. The third-order valence-electron chi connectivity index (χ3n) is 6.22. The van der Waals surface area contributed by atoms with Crippen LogP contribution in [0.15, 0.2) is 33.7 Å². The Morgan fingerprint density at radius 3 is 2.62 bits per heavy atom. The second-order valence-electron chi connectivity index (χ2n) is 7.79. The van der Waals surface area contributed by atoms with E-state index in [1.165, 1.54) is 55.2 Å². The number of aliphatic imine (C=N–C) groups is 1. The standard InChI is InChI=1S/C20H29BrN4.HI/c1-22-19(25-13-8-16(14-25)24-11-4-5-12-24)23-15-20(9-10-20)17-6-2-3-7-18(17)21;/h2-3,6-7,16H,4-5,8-15H2,1H3,(H,22,23);1H. The first-order chi connectivity index (χ1) is 12.2. The van der Waals surface area contributed by atoms with E-state index in [-0.39, 0.29) is 29.4 Å². The molecule has 4 nitrogen and oxygen atoms in total. The van der Waals surface area contributed by atoms with E-state index in [1.54, 1.807) is 0 Å². The second-order valence-corrected chi connectivity index (χ2v) is 8.65. The van der Waals surface area contributed by atoms with Gasteiger partial charge in [0.05, 0.1) is 0 Å². The maximum absolute atomic E-state index is 4.58. The number of nitrogens with zero attached hydrogens (tertiary/aromatic N) is 3. The van der Waals surface area contributed by atoms with Gasteiger partial charge in [-0.15, -0.1) is 24.0 Å². The molecule has 1 aliphatic carbocycles. The molecule has 4 rings (SSSR count). The summed E-state index contributed by atoms with van der Waals surface area (Å²) in [4.78, 5) is 9.71. The van der Waals surface area contributed by atoms with E-state index < -0.39 is 0 Å². The second kappa shape index (κ2) is 8.78. The minimum Gasteiger partial charge on any atom is -0.355 e. The molecule has 2 heterocycles. The fourth-order valence-corrected chi connectivity index (χ4v) is 5.21. The summed E-state index contributed by atoms with van der Waals surface area (Å²) < 4.78 is 1.24. The van der Waals surface area contributed by atoms with Crippen LogP contribution in [0.2, 0.25) is 0 Å². The molecule has 6 heteroatoms. The lowest BCUT2D eigenvalue weighted by Crippen LogP contribution is -2.45. The van der Waals surface area contributed by atoms with Gasteiger partial charge in [0.1, 0.15) is 0 Å². The molecule has 1 saturated carbocycles. The molecule has 0 radical (unpaired) electrons. The molecule has 1 atom stereocenters. The molecule has 1 N–H and O–H groups in total. The Labute approximate surface area is 182 Å². The number of halogens is 2. The van der Waals surface area contributed by atoms with E-state index in [0.717, 1.165) is 31.6 Å². The van der Waals surface area contributed by atoms with Gasteiger partial charge in [0, 0.05) is 42.6 Å². The van der Waals surface area contributed by atoms with Crippen LogP contribution >= 0.6 is 39.9 Å². The summed E-state index contributed by atoms with van der Waals surface area (Å²) in [5, 5.41) is 3.69. The van der Waals surface area contributed by atoms with Crippen molar-refractivity contribution < 1.29 is 0 Å². The molecule has 0 aromatic heterocycles. The predicted octanol–water partition coefficient (Wildman–Crippen LogP) is 3.84. The van der Waals surface area contributed by atoms with E-state index in [4.69, 9.17) is 0 Å². The van der Waals surface area contributed by atoms with Crippen molar-refractivity contribution >= 4 is 45.9 Å². The highest BCUT2D eigenvalue weighted by Gasteiger charge is 2.45. The van der Waals surface area contributed by atoms with Gasteiger partial charge < -0.3 is 10.2 Å². The van der Waals surface area contributed by atoms with Crippen LogP contribution in [0.3, 0.4) is 0 Å². The molecule has 1 aromatic rings. The highest BCUT2D eigenvalue weighted by atomic mass is 127. The molecule has 1 unspecified atom stereocenters. The largest absolute Gasteiger partial charge is 0.355 e. The van der Waals surface area contributed by atoms with Crippen molar-refractivity contribution in [3.8, 4) is 0 Å². The summed E-state index contributed by atoms with van der Waals surface area (Å²) in [6.45, 7) is 5.81. The quantitative estimate of drug-likeness (QED) is 0.363. The molecule has 3 aliphatic rings. The van der Waals surface area contributed by atoms with E-state index in [2.05, 4.69) is 60.3 Å². The van der Waals surface area contributed by atoms with Crippen molar-refractivity contribution in [1.29, 1.82) is 0 Å². The SMILES string of the molecule is CN=C(NCC1(c2ccccc2Br)CC1)N1CCC(N2CCCC2)C1.I. The van der Waals surface area contributed by atoms with Crippen molar-refractivity contribution in [1.82, 2.24) is 15.1 Å². The van der Waals surface area contributed by atoms with Crippen LogP contribution in [0.5, 0.6) is 0 Å². The van der Waals surface area contributed by atoms with E-state index in [0.29, 0.717) is 0 Å². The highest BCUT2D eigenvalue weighted by Crippen LogP contribution is 2.49. The molecule has 144 valence electrons. The van der Waals surface area contributed by atoms with Gasteiger partial charge in [-0.1, -0.05) is 34.1 Å². The first kappa shape index (κ1) is 20.4. The Morgan fingerprint density at radius 1 is 1.23 bits per heavy atom. The van der Waals surface area contributed by atoms with Gasteiger partial charge >= 0.3 is 0 Å². The molecule has 26 heavy (non-hydrogen) atoms. The molecular formula is C20H30BrIN4. The Bertz CT molecular complexity index is 640. The molecule has 1 aromatic carbocycles. The topological polar surface area (TPSA) is 30.9 Å². The van der Waals surface area contributed by atoms with Crippen LogP contribution in [-0.2, 0) is 5.41 Å². The fraction of sp³-hybridized carbons (Fsp3) is 0.650. The maximum Gasteiger partial charge on any atom is 0.193 e. The van der Waals surface area contributed by atoms with Crippen molar-refractivity contribution in [3.63, 3.8) is 0 Å². The molecule has 3 fully saturated rings. The molecule has 2 saturated heterocycles. The number of benzene rings is 1. The Balaban J connectivity index is 0.00000196. The van der Waals surface area contributed by atoms with Crippen molar-refractivity contribution in [3.05, 3.63) is 34.3 Å². The van der Waals surface area contributed by atoms with Crippen molar-refractivity contribution in [2.24, 2.45) is 4.99 Å². The van der Waals surface area contributed by atoms with Gasteiger partial charge in [-0.3, -0.25) is 9.89 Å². The molecule has 0 bridgehead atoms. The number of guanidine groups is 1. The van der Waals surface area contributed by atoms with Crippen LogP contribution in [0.4, 0.5) is 0 Å². The normalized spacial score (nSPS) is 25.2. The number of likely N-dealkylation sites (tertiary alicyclic amines) is 2. The van der Waals surface area contributed by atoms with Crippen LogP contribution < -0.4 is 5.32 Å². The molecule has 0 amide bonds. The first-order valence-corrected chi connectivity index (χ1v) is 10.5. The minimum atomic E-state index is 0. The van der Waals surface area contributed by atoms with E-state index >= 15 is 0 Å². The van der Waals surface area contributed by atoms with Gasteiger partial charge in [-0.05, 0) is 56.8 Å². The molecule has 2 aliphatic heterocycles. The third kappa shape index (κ3) is 4.22. The number of hydrogen-bond acceptors (Lipinski definition) is 2. The summed E-state index contributed by atoms with van der Waals surface area (Å²) >= 11 is 3.73. The average Bonchev–Trinajstić information content (AvgIpc) is 3.03. The van der Waals surface area contributed by atoms with Gasteiger partial charge in [-0.2, -0.15) is 0 Å². The number of rotatable bonds is 4. The van der Waals surface area contributed by atoms with Crippen LogP contribution in [0.1, 0.15) is 37.7 Å². The van der Waals surface area contributed by atoms with Gasteiger partial charge in [0.15, 0.2) is 5.96 Å². The average molecular weight is 533 g/mol. The van der Waals surface area contributed by atoms with Gasteiger partial charge in [0.25, 0.3) is 0 Å². The summed E-state index contributed by atoms with van der Waals surface area (Å²) in [6.07, 6.45) is 6.54. The zero-order chi connectivity index (χ0) is 17.3. The Kier molecular flexibility index (Phi) is 6.88. The Hall–Kier alpha value is -0.340. The lowest BCUT2D eigenvalue weighted by atomic mass is 9.96. The van der Waals surface area contributed by atoms with Crippen LogP contribution in [-0.4, -0.2) is 61.6 Å². The van der Waals surface area contributed by atoms with Crippen LogP contribution in [0.25, 0.3) is 0 Å². The molecular weight excluding hydrogens is 503 g/mol. The Morgan fingerprint density at radius 2 is 1.96 bits per heavy atom. The van der Waals surface area contributed by atoms with Crippen molar-refractivity contribution in [2.45, 2.75) is 43.6 Å². The minimum absolute atomic E-state index is 0. The monoisotopic (exact) mass is 532 g/mol. The third-order valence-corrected chi connectivity index (χ3v) is 6.91.